The van der Waals surface area contributed by atoms with Gasteiger partial charge >= 0.3 is 0 Å². The number of para-hydroxylation sites is 2. The smallest absolute Gasteiger partial charge is 0.267 e. The molecule has 5 amide bonds. The molecular formula is C117H130BrFN6O20. The molecule has 0 atom stereocenters. The van der Waals surface area contributed by atoms with Gasteiger partial charge in [0, 0.05) is 90.5 Å². The Labute approximate surface area is 855 Å². The molecule has 0 saturated carbocycles. The average molecular weight is 2040 g/mol. The van der Waals surface area contributed by atoms with Gasteiger partial charge in [0.15, 0.2) is 0 Å². The second kappa shape index (κ2) is 63.7. The van der Waals surface area contributed by atoms with Crippen LogP contribution >= 0.6 is 15.9 Å². The molecule has 11 rings (SSSR count). The van der Waals surface area contributed by atoms with Crippen LogP contribution < -0.4 is 61.4 Å². The van der Waals surface area contributed by atoms with E-state index in [1.165, 1.54) is 54.2 Å². The summed E-state index contributed by atoms with van der Waals surface area (Å²) >= 11 is 3.42. The molecule has 0 saturated heterocycles. The molecule has 0 bridgehead atoms. The maximum absolute atomic E-state index is 13.1. The third kappa shape index (κ3) is 40.6. The number of benzene rings is 11. The number of rotatable bonds is 42. The van der Waals surface area contributed by atoms with E-state index in [0.717, 1.165) is 122 Å². The lowest BCUT2D eigenvalue weighted by molar-refractivity contribution is -0.124. The average Bonchev–Trinajstić information content (AvgIpc) is 0.828. The highest BCUT2D eigenvalue weighted by Crippen LogP contribution is 2.38. The number of amides is 5. The Balaban J connectivity index is 0.000000246. The number of nitrogens with one attached hydrogen (secondary N) is 5. The molecular weight excluding hydrogens is 1910 g/mol. The molecule has 0 spiro atoms. The Kier molecular flexibility index (Phi) is 51.3. The topological polar surface area (TPSA) is 409 Å². The normalized spacial score (nSPS) is 10.7. The molecule has 11 aromatic carbocycles. The summed E-state index contributed by atoms with van der Waals surface area (Å²) in [4.78, 5) is 58.0. The fourth-order valence-corrected chi connectivity index (χ4v) is 14.2. The summed E-state index contributed by atoms with van der Waals surface area (Å²) in [5.74, 6) is 0.584. The zero-order valence-corrected chi connectivity index (χ0v) is 85.0. The highest BCUT2D eigenvalue weighted by atomic mass is 79.9. The third-order valence-electron chi connectivity index (χ3n) is 21.7. The van der Waals surface area contributed by atoms with Gasteiger partial charge in [-0.15, -0.1) is 0 Å². The molecule has 28 heteroatoms. The number of halogens is 2. The number of methoxy groups -OCH3 is 1. The predicted molar refractivity (Wildman–Crippen MR) is 570 cm³/mol. The summed E-state index contributed by atoms with van der Waals surface area (Å²) in [6, 6.07) is 66.2. The van der Waals surface area contributed by atoms with Crippen molar-refractivity contribution >= 4 is 87.2 Å². The monoisotopic (exact) mass is 2040 g/mol. The molecule has 26 nitrogen and oxygen atoms in total. The second-order valence-corrected chi connectivity index (χ2v) is 34.9. The van der Waals surface area contributed by atoms with E-state index >= 15 is 0 Å². The Morgan fingerprint density at radius 2 is 0.545 bits per heavy atom. The van der Waals surface area contributed by atoms with Gasteiger partial charge < -0.3 is 65.0 Å². The third-order valence-corrected chi connectivity index (χ3v) is 22.2. The number of carbonyl (C=O) groups is 5. The van der Waals surface area contributed by atoms with Gasteiger partial charge in [0.25, 0.3) is 23.6 Å². The van der Waals surface area contributed by atoms with Crippen molar-refractivity contribution in [2.45, 2.75) is 167 Å². The van der Waals surface area contributed by atoms with E-state index < -0.39 is 23.6 Å². The van der Waals surface area contributed by atoms with Gasteiger partial charge in [-0.3, -0.25) is 44.8 Å². The number of hydrogen-bond donors (Lipinski definition) is 15. The van der Waals surface area contributed by atoms with Gasteiger partial charge in [-0.05, 0) is 236 Å². The molecule has 16 N–H and O–H groups in total. The van der Waals surface area contributed by atoms with Gasteiger partial charge in [0.1, 0.15) is 73.3 Å². The molecule has 0 heterocycles. The first-order valence-electron chi connectivity index (χ1n) is 46.5. The van der Waals surface area contributed by atoms with Crippen LogP contribution in [-0.4, -0.2) is 83.0 Å². The summed E-state index contributed by atoms with van der Waals surface area (Å²) in [7, 11) is 1.61. The number of aliphatic hydroxyl groups is 5. The first-order valence-corrected chi connectivity index (χ1v) is 47.3. The van der Waals surface area contributed by atoms with Crippen molar-refractivity contribution in [3.8, 4) is 34.5 Å². The number of hydrogen-bond acceptors (Lipinski definition) is 21. The van der Waals surface area contributed by atoms with Gasteiger partial charge in [0.2, 0.25) is 5.91 Å². The Morgan fingerprint density at radius 3 is 0.786 bits per heavy atom. The molecule has 0 aromatic heterocycles. The summed E-state index contributed by atoms with van der Waals surface area (Å²) in [5, 5.41) is 86.6. The Morgan fingerprint density at radius 1 is 0.310 bits per heavy atom. The van der Waals surface area contributed by atoms with Crippen molar-refractivity contribution < 1.29 is 103 Å². The van der Waals surface area contributed by atoms with Gasteiger partial charge in [0.05, 0.1) is 51.5 Å². The van der Waals surface area contributed by atoms with Crippen LogP contribution in [0.25, 0.3) is 30.4 Å². The van der Waals surface area contributed by atoms with Crippen molar-refractivity contribution in [2.75, 3.05) is 18.2 Å². The molecule has 0 radical (unpaired) electrons. The maximum atomic E-state index is 13.1. The van der Waals surface area contributed by atoms with Crippen LogP contribution in [0.15, 0.2) is 311 Å². The lowest BCUT2D eigenvalue weighted by Gasteiger charge is -2.17. The van der Waals surface area contributed by atoms with E-state index in [1.54, 1.807) is 108 Å². The minimum absolute atomic E-state index is 0.0919. The van der Waals surface area contributed by atoms with E-state index in [4.69, 9.17) is 55.0 Å². The van der Waals surface area contributed by atoms with Gasteiger partial charge in [-0.2, -0.15) is 0 Å². The lowest BCUT2D eigenvalue weighted by Crippen LogP contribution is -2.14. The molecule has 0 unspecified atom stereocenters. The molecule has 0 aliphatic rings. The Hall–Kier alpha value is -15.2. The van der Waals surface area contributed by atoms with E-state index in [9.17, 15) is 53.9 Å². The van der Waals surface area contributed by atoms with Crippen molar-refractivity contribution in [3.63, 3.8) is 0 Å². The van der Waals surface area contributed by atoms with Crippen LogP contribution in [0.3, 0.4) is 0 Å². The van der Waals surface area contributed by atoms with Crippen LogP contribution in [-0.2, 0) is 122 Å². The zero-order chi connectivity index (χ0) is 106. The number of carbonyl (C=O) groups excluding carboxylic acids is 5. The largest absolute Gasteiger partial charge is 0.497 e. The minimum atomic E-state index is -0.665. The summed E-state index contributed by atoms with van der Waals surface area (Å²) in [5.41, 5.74) is 35.4. The van der Waals surface area contributed by atoms with E-state index in [2.05, 4.69) is 45.6 Å². The standard InChI is InChI=1S/C28H30N2O3.C23H27NO5.C22H24BrNO4.C22H24FNO4.C22H25NO4/c1-20(2)12-16-24-23(18-31)14-13-22(28(24)33-19-21-8-4-3-5-9-21)15-17-27(32)30-26-11-7-6-10-25(26)29;1-16(2)4-12-21-19(14-25)8-7-18(9-13-22(26)24-27)23(21)29-15-17-5-10-20(28-3)11-6-17;2*1-15(2)3-11-20-18(13-25)7-6-17(8-12-21(26)24-27)22(20)28-14-16-4-9-19(23)10-5-16;1-16(2)8-12-20-19(14-24)10-9-18(11-13-21(25)23-26)22(20)27-15-17-6-4-3-5-7-17/h3-15,17,31H,16,18-19,29H2,1-2H3,(H,30,32);4-11,13,25,27H,12,14-15H2,1-3H3,(H,24,26);2*3-10,12,25,27H,11,13-14H2,1-2H3,(H,24,26);3-11,13,24,26H,12,14-15H2,1-2H3,(H,23,25)/b17-15+;13-9-;2*12-8-;13-11+. The molecule has 0 aliphatic heterocycles. The SMILES string of the molecule is CC(C)=CCc1c(CO)ccc(/C=C/C(=O)NO)c1OCc1ccccc1.CC(C)=CCc1c(CO)ccc(/C=C/C(=O)Nc2ccccc2N)c1OCc1ccccc1.CC(C)=CCc1c(CO)ccc(/C=C\C(=O)NO)c1OCc1ccc(Br)cc1.CC(C)=CCc1c(CO)ccc(/C=C\C(=O)NO)c1OCc1ccc(F)cc1.COc1ccc(COc2c(/C=C\C(=O)NO)ccc(CO)c2CC=C(C)C)cc1. The fraction of sp³-hybridized carbons (Fsp3) is 0.222. The van der Waals surface area contributed by atoms with E-state index in [1.807, 2.05) is 227 Å². The lowest BCUT2D eigenvalue weighted by atomic mass is 9.98. The van der Waals surface area contributed by atoms with Crippen LogP contribution in [0.5, 0.6) is 34.5 Å². The number of nitrogens with two attached hydrogens (primary N) is 1. The van der Waals surface area contributed by atoms with Crippen LogP contribution in [0.4, 0.5) is 15.8 Å². The van der Waals surface area contributed by atoms with Gasteiger partial charge in [-0.1, -0.05) is 244 Å². The van der Waals surface area contributed by atoms with Crippen molar-refractivity contribution in [3.05, 3.63) is 429 Å². The summed E-state index contributed by atoms with van der Waals surface area (Å²) < 4.78 is 50.0. The number of nitrogen functional groups attached to an aromatic ring is 1. The van der Waals surface area contributed by atoms with Crippen LogP contribution in [0, 0.1) is 5.82 Å². The highest BCUT2D eigenvalue weighted by Gasteiger charge is 2.21. The predicted octanol–water partition coefficient (Wildman–Crippen LogP) is 21.6. The Bertz CT molecular complexity index is 6220. The van der Waals surface area contributed by atoms with Crippen molar-refractivity contribution in [1.82, 2.24) is 21.9 Å². The maximum Gasteiger partial charge on any atom is 0.267 e. The molecule has 0 aliphatic carbocycles. The number of anilines is 2. The first-order chi connectivity index (χ1) is 69.9. The molecule has 762 valence electrons. The van der Waals surface area contributed by atoms with Crippen LogP contribution in [0.1, 0.15) is 181 Å². The number of hydroxylamine groups is 4. The van der Waals surface area contributed by atoms with Crippen molar-refractivity contribution in [1.29, 1.82) is 0 Å². The molecule has 11 aromatic rings. The van der Waals surface area contributed by atoms with Gasteiger partial charge in [-0.25, -0.2) is 26.3 Å². The quantitative estimate of drug-likeness (QED) is 0.00555. The number of aliphatic hydroxyl groups excluding tert-OH is 5. The van der Waals surface area contributed by atoms with E-state index in [0.29, 0.717) is 121 Å². The molecule has 145 heavy (non-hydrogen) atoms. The minimum Gasteiger partial charge on any atom is -0.497 e. The fourth-order valence-electron chi connectivity index (χ4n) is 13.9. The number of ether oxygens (including phenoxy) is 6. The number of allylic oxidation sites excluding steroid dienone is 10. The second-order valence-electron chi connectivity index (χ2n) is 34.0. The molecule has 0 fully saturated rings. The highest BCUT2D eigenvalue weighted by molar-refractivity contribution is 9.10. The summed E-state index contributed by atoms with van der Waals surface area (Å²) in [6.45, 7) is 21.1. The summed E-state index contributed by atoms with van der Waals surface area (Å²) in [6.07, 6.45) is 27.6. The zero-order valence-electron chi connectivity index (χ0n) is 83.4. The first kappa shape index (κ1) is 117. The van der Waals surface area contributed by atoms with Crippen LogP contribution in [0.2, 0.25) is 0 Å². The van der Waals surface area contributed by atoms with E-state index in [-0.39, 0.29) is 51.4 Å². The van der Waals surface area contributed by atoms with Crippen molar-refractivity contribution in [2.24, 2.45) is 0 Å².